The Morgan fingerprint density at radius 2 is 1.78 bits per heavy atom. The molecule has 1 heterocycles. The molecule has 1 aromatic heterocycles. The molecule has 0 unspecified atom stereocenters. The lowest BCUT2D eigenvalue weighted by Crippen LogP contribution is -2.17. The predicted octanol–water partition coefficient (Wildman–Crippen LogP) is 1.83. The Hall–Kier alpha value is -1.59. The lowest BCUT2D eigenvalue weighted by Gasteiger charge is -2.13. The van der Waals surface area contributed by atoms with Gasteiger partial charge in [-0.15, -0.1) is 0 Å². The predicted molar refractivity (Wildman–Crippen MR) is 76.3 cm³/mol. The van der Waals surface area contributed by atoms with E-state index in [9.17, 15) is 0 Å². The maximum absolute atomic E-state index is 4.35. The van der Waals surface area contributed by atoms with Crippen LogP contribution in [-0.4, -0.2) is 42.6 Å². The smallest absolute Gasteiger partial charge is 0.231 e. The Labute approximate surface area is 109 Å². The van der Waals surface area contributed by atoms with Crippen LogP contribution >= 0.6 is 0 Å². The summed E-state index contributed by atoms with van der Waals surface area (Å²) in [5, 5.41) is 6.18. The number of hydrogen-bond donors (Lipinski definition) is 2. The van der Waals surface area contributed by atoms with Crippen LogP contribution in [0.15, 0.2) is 0 Å². The molecule has 0 aliphatic rings. The van der Waals surface area contributed by atoms with Crippen LogP contribution in [0.25, 0.3) is 0 Å². The second kappa shape index (κ2) is 6.98. The van der Waals surface area contributed by atoms with Crippen molar-refractivity contribution in [3.05, 3.63) is 0 Å². The minimum atomic E-state index is 0.583. The first kappa shape index (κ1) is 14.5. The fraction of sp³-hybridized carbons (Fsp3) is 0.750. The summed E-state index contributed by atoms with van der Waals surface area (Å²) in [6, 6.07) is 0. The second-order valence-corrected chi connectivity index (χ2v) is 4.89. The van der Waals surface area contributed by atoms with Crippen molar-refractivity contribution in [1.29, 1.82) is 0 Å². The van der Waals surface area contributed by atoms with Gasteiger partial charge >= 0.3 is 0 Å². The van der Waals surface area contributed by atoms with E-state index in [4.69, 9.17) is 0 Å². The lowest BCUT2D eigenvalue weighted by atomic mass is 10.1. The molecular weight excluding hydrogens is 228 g/mol. The van der Waals surface area contributed by atoms with E-state index in [2.05, 4.69) is 39.4 Å². The molecule has 0 radical (unpaired) electrons. The van der Waals surface area contributed by atoms with Crippen molar-refractivity contribution in [2.45, 2.75) is 26.7 Å². The second-order valence-electron chi connectivity index (χ2n) is 4.89. The number of nitrogens with zero attached hydrogens (tertiary/aromatic N) is 4. The average molecular weight is 252 g/mol. The monoisotopic (exact) mass is 252 g/mol. The van der Waals surface area contributed by atoms with Crippen LogP contribution in [0.3, 0.4) is 0 Å². The summed E-state index contributed by atoms with van der Waals surface area (Å²) < 4.78 is 0. The molecule has 2 N–H and O–H groups in total. The first-order valence-electron chi connectivity index (χ1n) is 6.38. The number of nitrogens with one attached hydrogen (secondary N) is 2. The highest BCUT2D eigenvalue weighted by Crippen LogP contribution is 2.11. The van der Waals surface area contributed by atoms with E-state index < -0.39 is 0 Å². The molecule has 18 heavy (non-hydrogen) atoms. The average Bonchev–Trinajstić information content (AvgIpc) is 2.34. The summed E-state index contributed by atoms with van der Waals surface area (Å²) in [5.41, 5.74) is 0. The maximum atomic E-state index is 4.35. The molecule has 0 aliphatic heterocycles. The molecule has 0 atom stereocenters. The molecule has 0 bridgehead atoms. The van der Waals surface area contributed by atoms with Crippen molar-refractivity contribution >= 4 is 17.8 Å². The van der Waals surface area contributed by atoms with E-state index in [-0.39, 0.29) is 0 Å². The van der Waals surface area contributed by atoms with Gasteiger partial charge in [-0.05, 0) is 18.8 Å². The van der Waals surface area contributed by atoms with Crippen molar-refractivity contribution in [3.8, 4) is 0 Å². The highest BCUT2D eigenvalue weighted by atomic mass is 15.3. The zero-order valence-corrected chi connectivity index (χ0v) is 12.0. The quantitative estimate of drug-likeness (QED) is 0.722. The van der Waals surface area contributed by atoms with Crippen LogP contribution in [0, 0.1) is 5.92 Å². The summed E-state index contributed by atoms with van der Waals surface area (Å²) in [5.74, 6) is 2.60. The van der Waals surface area contributed by atoms with Gasteiger partial charge < -0.3 is 15.5 Å². The van der Waals surface area contributed by atoms with Crippen LogP contribution in [0.4, 0.5) is 17.8 Å². The molecule has 1 rings (SSSR count). The van der Waals surface area contributed by atoms with Gasteiger partial charge in [0, 0.05) is 27.7 Å². The number of aromatic nitrogens is 3. The third-order valence-corrected chi connectivity index (χ3v) is 2.49. The molecule has 0 spiro atoms. The first-order chi connectivity index (χ1) is 8.52. The third-order valence-electron chi connectivity index (χ3n) is 2.49. The fourth-order valence-corrected chi connectivity index (χ4v) is 1.47. The molecule has 102 valence electrons. The van der Waals surface area contributed by atoms with Crippen molar-refractivity contribution in [2.75, 3.05) is 43.2 Å². The van der Waals surface area contributed by atoms with E-state index >= 15 is 0 Å². The van der Waals surface area contributed by atoms with Gasteiger partial charge in [0.1, 0.15) is 0 Å². The van der Waals surface area contributed by atoms with Gasteiger partial charge in [-0.1, -0.05) is 13.8 Å². The minimum absolute atomic E-state index is 0.583. The van der Waals surface area contributed by atoms with Crippen LogP contribution < -0.4 is 15.5 Å². The highest BCUT2D eigenvalue weighted by Gasteiger charge is 2.06. The Kier molecular flexibility index (Phi) is 5.61. The standard InChI is InChI=1S/C12H24N6/c1-9(2)7-6-8-14-11-15-10(13-3)16-12(17-11)18(4)5/h9H,6-8H2,1-5H3,(H2,13,14,15,16,17). The third kappa shape index (κ3) is 4.73. The summed E-state index contributed by atoms with van der Waals surface area (Å²) >= 11 is 0. The van der Waals surface area contributed by atoms with Gasteiger partial charge in [-0.3, -0.25) is 0 Å². The van der Waals surface area contributed by atoms with E-state index in [1.165, 1.54) is 6.42 Å². The molecule has 0 saturated heterocycles. The van der Waals surface area contributed by atoms with Crippen LogP contribution in [-0.2, 0) is 0 Å². The summed E-state index contributed by atoms with van der Waals surface area (Å²) in [4.78, 5) is 14.8. The maximum Gasteiger partial charge on any atom is 0.231 e. The van der Waals surface area contributed by atoms with Crippen molar-refractivity contribution in [2.24, 2.45) is 5.92 Å². The Morgan fingerprint density at radius 3 is 2.33 bits per heavy atom. The van der Waals surface area contributed by atoms with Crippen molar-refractivity contribution in [1.82, 2.24) is 15.0 Å². The normalized spacial score (nSPS) is 10.6. The Bertz CT molecular complexity index is 364. The van der Waals surface area contributed by atoms with Crippen LogP contribution in [0.5, 0.6) is 0 Å². The zero-order chi connectivity index (χ0) is 13.5. The van der Waals surface area contributed by atoms with E-state index in [1.807, 2.05) is 19.0 Å². The first-order valence-corrected chi connectivity index (χ1v) is 6.38. The molecule has 0 fully saturated rings. The van der Waals surface area contributed by atoms with E-state index in [0.717, 1.165) is 18.9 Å². The molecular formula is C12H24N6. The highest BCUT2D eigenvalue weighted by molar-refractivity contribution is 5.42. The Balaban J connectivity index is 2.61. The van der Waals surface area contributed by atoms with Gasteiger partial charge in [-0.25, -0.2) is 0 Å². The van der Waals surface area contributed by atoms with E-state index in [0.29, 0.717) is 17.8 Å². The summed E-state index contributed by atoms with van der Waals surface area (Å²) in [6.45, 7) is 5.34. The SMILES string of the molecule is CNc1nc(NCCCC(C)C)nc(N(C)C)n1. The number of rotatable bonds is 7. The molecule has 6 heteroatoms. The number of hydrogen-bond acceptors (Lipinski definition) is 6. The fourth-order valence-electron chi connectivity index (χ4n) is 1.47. The van der Waals surface area contributed by atoms with Crippen LogP contribution in [0.1, 0.15) is 26.7 Å². The molecule has 6 nitrogen and oxygen atoms in total. The van der Waals surface area contributed by atoms with Gasteiger partial charge in [-0.2, -0.15) is 15.0 Å². The summed E-state index contributed by atoms with van der Waals surface area (Å²) in [6.07, 6.45) is 2.33. The summed E-state index contributed by atoms with van der Waals surface area (Å²) in [7, 11) is 5.63. The minimum Gasteiger partial charge on any atom is -0.357 e. The van der Waals surface area contributed by atoms with Crippen LogP contribution in [0.2, 0.25) is 0 Å². The molecule has 1 aromatic rings. The van der Waals surface area contributed by atoms with Gasteiger partial charge in [0.25, 0.3) is 0 Å². The largest absolute Gasteiger partial charge is 0.357 e. The van der Waals surface area contributed by atoms with Crippen molar-refractivity contribution in [3.63, 3.8) is 0 Å². The van der Waals surface area contributed by atoms with Gasteiger partial charge in [0.2, 0.25) is 17.8 Å². The molecule has 0 aliphatic carbocycles. The molecule has 0 saturated carbocycles. The van der Waals surface area contributed by atoms with Crippen molar-refractivity contribution < 1.29 is 0 Å². The molecule has 0 aromatic carbocycles. The molecule has 0 amide bonds. The van der Waals surface area contributed by atoms with Gasteiger partial charge in [0.05, 0.1) is 0 Å². The van der Waals surface area contributed by atoms with E-state index in [1.54, 1.807) is 7.05 Å². The zero-order valence-electron chi connectivity index (χ0n) is 12.0. The number of anilines is 3. The topological polar surface area (TPSA) is 66.0 Å². The van der Waals surface area contributed by atoms with Gasteiger partial charge in [0.15, 0.2) is 0 Å². The lowest BCUT2D eigenvalue weighted by molar-refractivity contribution is 0.566. The Morgan fingerprint density at radius 1 is 1.11 bits per heavy atom.